The molecule has 4 rings (SSSR count). The number of benzene rings is 1. The van der Waals surface area contributed by atoms with Crippen molar-refractivity contribution in [2.45, 2.75) is 87.5 Å². The Bertz CT molecular complexity index is 1280. The number of carbonyl (C=O) groups excluding carboxylic acids is 2. The number of ether oxygens (including phenoxy) is 7. The Balaban J connectivity index is 1.39. The number of hydrogen-bond acceptors (Lipinski definition) is 17. The molecule has 48 heavy (non-hydrogen) atoms. The van der Waals surface area contributed by atoms with E-state index >= 15 is 0 Å². The molecule has 1 aromatic carbocycles. The van der Waals surface area contributed by atoms with E-state index in [2.05, 4.69) is 0 Å². The molecule has 3 aliphatic heterocycles. The summed E-state index contributed by atoms with van der Waals surface area (Å²) in [6.45, 7) is 0.335. The summed E-state index contributed by atoms with van der Waals surface area (Å²) in [6.07, 6.45) is -14.6. The van der Waals surface area contributed by atoms with Gasteiger partial charge in [0.15, 0.2) is 12.6 Å². The molecule has 0 unspecified atom stereocenters. The van der Waals surface area contributed by atoms with Crippen LogP contribution in [0.5, 0.6) is 5.75 Å². The van der Waals surface area contributed by atoms with Crippen molar-refractivity contribution >= 4 is 11.9 Å². The summed E-state index contributed by atoms with van der Waals surface area (Å²) < 4.78 is 38.0. The first-order valence-corrected chi connectivity index (χ1v) is 15.2. The van der Waals surface area contributed by atoms with Gasteiger partial charge < -0.3 is 74.0 Å². The molecule has 268 valence electrons. The molecule has 12 atom stereocenters. The van der Waals surface area contributed by atoms with Crippen molar-refractivity contribution in [3.05, 3.63) is 53.3 Å². The van der Waals surface area contributed by atoms with Crippen LogP contribution in [0, 0.1) is 5.92 Å². The average Bonchev–Trinajstić information content (AvgIpc) is 3.08. The first kappa shape index (κ1) is 37.6. The third-order valence-corrected chi connectivity index (χ3v) is 8.29. The highest BCUT2D eigenvalue weighted by molar-refractivity contribution is 5.90. The van der Waals surface area contributed by atoms with E-state index < -0.39 is 105 Å². The minimum Gasteiger partial charge on any atom is -0.508 e. The lowest BCUT2D eigenvalue weighted by Crippen LogP contribution is -2.60. The zero-order chi connectivity index (χ0) is 35.1. The molecule has 17 heteroatoms. The normalized spacial score (nSPS) is 36.2. The molecule has 0 aliphatic carbocycles. The fourth-order valence-corrected chi connectivity index (χ4v) is 5.47. The molecule has 0 bridgehead atoms. The van der Waals surface area contributed by atoms with Gasteiger partial charge in [0.25, 0.3) is 0 Å². The van der Waals surface area contributed by atoms with Gasteiger partial charge in [-0.05, 0) is 31.0 Å². The van der Waals surface area contributed by atoms with Gasteiger partial charge in [-0.3, -0.25) is 4.79 Å². The van der Waals surface area contributed by atoms with Crippen LogP contribution in [0.1, 0.15) is 18.9 Å². The maximum atomic E-state index is 13.1. The van der Waals surface area contributed by atoms with E-state index in [1.807, 2.05) is 0 Å². The summed E-state index contributed by atoms with van der Waals surface area (Å²) >= 11 is 0. The summed E-state index contributed by atoms with van der Waals surface area (Å²) in [5.74, 6) is -2.69. The van der Waals surface area contributed by atoms with E-state index in [-0.39, 0.29) is 23.5 Å². The van der Waals surface area contributed by atoms with Crippen LogP contribution in [0.4, 0.5) is 0 Å². The maximum absolute atomic E-state index is 13.1. The van der Waals surface area contributed by atoms with Crippen LogP contribution in [0.15, 0.2) is 47.7 Å². The molecule has 0 amide bonds. The lowest BCUT2D eigenvalue weighted by Gasteiger charge is -2.42. The second-order valence-corrected chi connectivity index (χ2v) is 11.4. The number of methoxy groups -OCH3 is 1. The third-order valence-electron chi connectivity index (χ3n) is 8.29. The first-order valence-electron chi connectivity index (χ1n) is 15.2. The summed E-state index contributed by atoms with van der Waals surface area (Å²) in [7, 11) is 1.12. The molecule has 17 nitrogen and oxygen atoms in total. The minimum absolute atomic E-state index is 0.0483. The average molecular weight is 687 g/mol. The molecule has 0 spiro atoms. The predicted molar refractivity (Wildman–Crippen MR) is 157 cm³/mol. The fraction of sp³-hybridized carbons (Fsp3) is 0.613. The lowest BCUT2D eigenvalue weighted by atomic mass is 9.86. The molecule has 0 radical (unpaired) electrons. The molecule has 0 aromatic heterocycles. The Labute approximate surface area is 275 Å². The summed E-state index contributed by atoms with van der Waals surface area (Å²) in [5.41, 5.74) is 0.922. The van der Waals surface area contributed by atoms with Gasteiger partial charge in [-0.1, -0.05) is 18.2 Å². The Morgan fingerprint density at radius 1 is 0.875 bits per heavy atom. The Hall–Kier alpha value is -3.20. The van der Waals surface area contributed by atoms with Crippen molar-refractivity contribution in [2.24, 2.45) is 5.92 Å². The number of carbonyl (C=O) groups is 2. The molecule has 0 saturated carbocycles. The summed E-state index contributed by atoms with van der Waals surface area (Å²) in [6, 6.07) is 6.37. The van der Waals surface area contributed by atoms with Crippen molar-refractivity contribution < 1.29 is 83.6 Å². The van der Waals surface area contributed by atoms with Gasteiger partial charge in [-0.2, -0.15) is 0 Å². The second kappa shape index (κ2) is 17.0. The van der Waals surface area contributed by atoms with Crippen LogP contribution in [-0.4, -0.2) is 147 Å². The van der Waals surface area contributed by atoms with Crippen molar-refractivity contribution in [3.63, 3.8) is 0 Å². The smallest absolute Gasteiger partial charge is 0.337 e. The van der Waals surface area contributed by atoms with Gasteiger partial charge in [-0.15, -0.1) is 0 Å². The Morgan fingerprint density at radius 3 is 2.12 bits per heavy atom. The van der Waals surface area contributed by atoms with Crippen LogP contribution < -0.4 is 0 Å². The van der Waals surface area contributed by atoms with Crippen molar-refractivity contribution in [1.29, 1.82) is 0 Å². The second-order valence-electron chi connectivity index (χ2n) is 11.4. The van der Waals surface area contributed by atoms with Gasteiger partial charge in [0, 0.05) is 11.5 Å². The number of phenols is 1. The highest BCUT2D eigenvalue weighted by atomic mass is 16.8. The van der Waals surface area contributed by atoms with Crippen molar-refractivity contribution in [2.75, 3.05) is 26.9 Å². The van der Waals surface area contributed by atoms with Crippen LogP contribution >= 0.6 is 0 Å². The minimum atomic E-state index is -1.75. The Kier molecular flexibility index (Phi) is 13.3. The van der Waals surface area contributed by atoms with Crippen molar-refractivity contribution in [1.82, 2.24) is 0 Å². The highest BCUT2D eigenvalue weighted by Gasteiger charge is 2.48. The quantitative estimate of drug-likeness (QED) is 0.0834. The number of rotatable bonds is 12. The van der Waals surface area contributed by atoms with Gasteiger partial charge >= 0.3 is 11.9 Å². The molecular formula is C31H42O17. The number of allylic oxidation sites excluding steroid dienone is 1. The SMILES string of the molecule is C/C=C1\[C@@H](O[C@@H]2O[C@H](CO)[C@@H](O)[C@H](O)[C@H]2O)OC=C(C(=O)OC)[C@H]1CC(=O)OC[C@H]1O[C@@H](OCCc2ccc(O)cc2)[C@H](O)[C@@H](O)[C@@H]1O. The Morgan fingerprint density at radius 2 is 1.50 bits per heavy atom. The van der Waals surface area contributed by atoms with Gasteiger partial charge in [-0.25, -0.2) is 4.79 Å². The molecule has 1 aromatic rings. The number of aromatic hydroxyl groups is 1. The lowest BCUT2D eigenvalue weighted by molar-refractivity contribution is -0.327. The van der Waals surface area contributed by atoms with E-state index in [0.717, 1.165) is 18.9 Å². The highest BCUT2D eigenvalue weighted by Crippen LogP contribution is 2.36. The standard InChI is InChI=1S/C31H42O17/c1-3-16-17(18(28(41)42-2)12-45-29(16)48-31-27(40)24(37)22(35)19(11-32)46-31)10-21(34)44-13-20-23(36)25(38)26(39)30(47-20)43-9-8-14-4-6-15(33)7-5-14/h3-7,12,17,19-20,22-27,29-33,35-40H,8-11,13H2,1-2H3/b16-3-/t17-,19+,20+,22+,23+,24-,25-,26+,27+,29+,30+,31-/m0/s1. The molecular weight excluding hydrogens is 644 g/mol. The zero-order valence-corrected chi connectivity index (χ0v) is 26.2. The number of hydrogen-bond donors (Lipinski definition) is 8. The monoisotopic (exact) mass is 686 g/mol. The largest absolute Gasteiger partial charge is 0.508 e. The van der Waals surface area contributed by atoms with Gasteiger partial charge in [0.1, 0.15) is 61.2 Å². The van der Waals surface area contributed by atoms with Crippen LogP contribution in [-0.2, 0) is 49.2 Å². The van der Waals surface area contributed by atoms with Gasteiger partial charge in [0.05, 0.1) is 38.6 Å². The predicted octanol–water partition coefficient (Wildman–Crippen LogP) is -2.52. The molecule has 3 heterocycles. The molecule has 2 fully saturated rings. The van der Waals surface area contributed by atoms with Crippen LogP contribution in [0.25, 0.3) is 0 Å². The van der Waals surface area contributed by atoms with Gasteiger partial charge in [0.2, 0.25) is 6.29 Å². The van der Waals surface area contributed by atoms with Crippen LogP contribution in [0.2, 0.25) is 0 Å². The zero-order valence-electron chi connectivity index (χ0n) is 26.2. The van der Waals surface area contributed by atoms with E-state index in [1.165, 1.54) is 18.2 Å². The number of esters is 2. The number of phenolic OH excluding ortho intramolecular Hbond substituents is 1. The van der Waals surface area contributed by atoms with E-state index in [1.54, 1.807) is 19.1 Å². The molecule has 3 aliphatic rings. The van der Waals surface area contributed by atoms with E-state index in [9.17, 15) is 50.4 Å². The van der Waals surface area contributed by atoms with Crippen molar-refractivity contribution in [3.8, 4) is 5.75 Å². The van der Waals surface area contributed by atoms with E-state index in [0.29, 0.717) is 6.42 Å². The molecule has 8 N–H and O–H groups in total. The third kappa shape index (κ3) is 8.68. The molecule has 2 saturated heterocycles. The number of aliphatic hydroxyl groups is 7. The summed E-state index contributed by atoms with van der Waals surface area (Å²) in [4.78, 5) is 25.7. The summed E-state index contributed by atoms with van der Waals surface area (Å²) in [5, 5.41) is 80.8. The fourth-order valence-electron chi connectivity index (χ4n) is 5.47. The topological polar surface area (TPSA) is 261 Å². The first-order chi connectivity index (χ1) is 22.9. The number of aliphatic hydroxyl groups excluding tert-OH is 7. The van der Waals surface area contributed by atoms with E-state index in [4.69, 9.17) is 33.2 Å². The van der Waals surface area contributed by atoms with Crippen LogP contribution in [0.3, 0.4) is 0 Å². The maximum Gasteiger partial charge on any atom is 0.337 e.